The molecule has 1 atom stereocenters. The first-order valence-corrected chi connectivity index (χ1v) is 4.91. The van der Waals surface area contributed by atoms with Crippen molar-refractivity contribution in [1.29, 1.82) is 0 Å². The predicted molar refractivity (Wildman–Crippen MR) is 58.3 cm³/mol. The highest BCUT2D eigenvalue weighted by molar-refractivity contribution is 5.35. The third-order valence-electron chi connectivity index (χ3n) is 2.11. The summed E-state index contributed by atoms with van der Waals surface area (Å²) < 4.78 is 12.8. The zero-order valence-electron chi connectivity index (χ0n) is 8.76. The number of nitrogens with one attached hydrogen (secondary N) is 1. The second kappa shape index (κ2) is 4.65. The Hall–Kier alpha value is -2.04. The van der Waals surface area contributed by atoms with Gasteiger partial charge in [0.25, 0.3) is 0 Å². The third-order valence-corrected chi connectivity index (χ3v) is 2.11. The number of rotatable bonds is 3. The first-order chi connectivity index (χ1) is 7.75. The van der Waals surface area contributed by atoms with E-state index in [1.165, 1.54) is 6.07 Å². The molecule has 0 radical (unpaired) electrons. The van der Waals surface area contributed by atoms with Crippen LogP contribution < -0.4 is 5.32 Å². The Kier molecular flexibility index (Phi) is 3.05. The van der Waals surface area contributed by atoms with Crippen molar-refractivity contribution in [2.45, 2.75) is 13.0 Å². The van der Waals surface area contributed by atoms with E-state index in [1.807, 2.05) is 6.92 Å². The summed E-state index contributed by atoms with van der Waals surface area (Å²) in [4.78, 5) is 11.8. The zero-order chi connectivity index (χ0) is 11.4. The summed E-state index contributed by atoms with van der Waals surface area (Å²) in [5.41, 5.74) is 0.786. The van der Waals surface area contributed by atoms with E-state index in [0.717, 1.165) is 5.69 Å². The van der Waals surface area contributed by atoms with E-state index < -0.39 is 5.95 Å². The second-order valence-corrected chi connectivity index (χ2v) is 3.34. The van der Waals surface area contributed by atoms with E-state index in [0.29, 0.717) is 5.82 Å². The van der Waals surface area contributed by atoms with Crippen LogP contribution in [0.15, 0.2) is 36.8 Å². The molecule has 0 aliphatic rings. The van der Waals surface area contributed by atoms with E-state index in [4.69, 9.17) is 0 Å². The van der Waals surface area contributed by atoms with E-state index >= 15 is 0 Å². The maximum atomic E-state index is 12.8. The van der Waals surface area contributed by atoms with Gasteiger partial charge in [0, 0.05) is 12.4 Å². The summed E-state index contributed by atoms with van der Waals surface area (Å²) in [6, 6.07) is 4.55. The number of pyridine rings is 1. The molecule has 4 nitrogen and oxygen atoms in total. The fourth-order valence-electron chi connectivity index (χ4n) is 1.32. The molecular formula is C11H11FN4. The molecule has 0 bridgehead atoms. The molecule has 0 spiro atoms. The molecule has 5 heteroatoms. The summed E-state index contributed by atoms with van der Waals surface area (Å²) in [7, 11) is 0. The molecule has 2 aromatic heterocycles. The fraction of sp³-hybridized carbons (Fsp3) is 0.182. The van der Waals surface area contributed by atoms with Crippen LogP contribution in [0.2, 0.25) is 0 Å². The Morgan fingerprint density at radius 1 is 1.31 bits per heavy atom. The van der Waals surface area contributed by atoms with Gasteiger partial charge in [-0.15, -0.1) is 0 Å². The quantitative estimate of drug-likeness (QED) is 0.802. The van der Waals surface area contributed by atoms with Crippen LogP contribution in [0.3, 0.4) is 0 Å². The number of aromatic nitrogens is 3. The van der Waals surface area contributed by atoms with Crippen molar-refractivity contribution in [3.8, 4) is 0 Å². The van der Waals surface area contributed by atoms with E-state index in [9.17, 15) is 4.39 Å². The predicted octanol–water partition coefficient (Wildman–Crippen LogP) is 2.18. The Labute approximate surface area is 92.6 Å². The maximum absolute atomic E-state index is 12.8. The highest BCUT2D eigenvalue weighted by Crippen LogP contribution is 2.14. The Balaban J connectivity index is 2.11. The number of anilines is 1. The van der Waals surface area contributed by atoms with Gasteiger partial charge in [0.15, 0.2) is 0 Å². The molecule has 1 unspecified atom stereocenters. The summed E-state index contributed by atoms with van der Waals surface area (Å²) in [5.74, 6) is -0.0190. The first kappa shape index (κ1) is 10.5. The molecule has 0 saturated heterocycles. The molecular weight excluding hydrogens is 207 g/mol. The standard InChI is InChI=1S/C11H11FN4/c1-8(9-7-13-5-6-14-9)15-11-4-2-3-10(12)16-11/h2-8H,1H3,(H,15,16). The largest absolute Gasteiger partial charge is 0.362 e. The van der Waals surface area contributed by atoms with E-state index in [-0.39, 0.29) is 6.04 Å². The van der Waals surface area contributed by atoms with Gasteiger partial charge in [-0.05, 0) is 19.1 Å². The van der Waals surface area contributed by atoms with Gasteiger partial charge in [0.1, 0.15) is 5.82 Å². The second-order valence-electron chi connectivity index (χ2n) is 3.34. The minimum absolute atomic E-state index is 0.0667. The Morgan fingerprint density at radius 2 is 2.19 bits per heavy atom. The number of hydrogen-bond donors (Lipinski definition) is 1. The number of halogens is 1. The fourth-order valence-corrected chi connectivity index (χ4v) is 1.32. The van der Waals surface area contributed by atoms with Crippen LogP contribution in [0.4, 0.5) is 10.2 Å². The van der Waals surface area contributed by atoms with Gasteiger partial charge in [-0.3, -0.25) is 9.97 Å². The molecule has 0 aromatic carbocycles. The van der Waals surface area contributed by atoms with Crippen LogP contribution in [0.25, 0.3) is 0 Å². The van der Waals surface area contributed by atoms with Gasteiger partial charge in [0.2, 0.25) is 5.95 Å². The lowest BCUT2D eigenvalue weighted by atomic mass is 10.2. The van der Waals surface area contributed by atoms with Crippen LogP contribution in [0, 0.1) is 5.95 Å². The van der Waals surface area contributed by atoms with Crippen molar-refractivity contribution in [3.63, 3.8) is 0 Å². The molecule has 0 fully saturated rings. The summed E-state index contributed by atoms with van der Waals surface area (Å²) in [5, 5.41) is 3.05. The van der Waals surface area contributed by atoms with Crippen molar-refractivity contribution >= 4 is 5.82 Å². The SMILES string of the molecule is CC(Nc1cccc(F)n1)c1cnccn1. The topological polar surface area (TPSA) is 50.7 Å². The number of nitrogens with zero attached hydrogens (tertiary/aromatic N) is 3. The van der Waals surface area contributed by atoms with Crippen LogP contribution in [0.5, 0.6) is 0 Å². The molecule has 2 heterocycles. The summed E-state index contributed by atoms with van der Waals surface area (Å²) in [6.45, 7) is 1.91. The van der Waals surface area contributed by atoms with Gasteiger partial charge >= 0.3 is 0 Å². The molecule has 0 saturated carbocycles. The molecule has 0 aliphatic heterocycles. The molecule has 16 heavy (non-hydrogen) atoms. The van der Waals surface area contributed by atoms with Gasteiger partial charge < -0.3 is 5.32 Å². The average molecular weight is 218 g/mol. The lowest BCUT2D eigenvalue weighted by Crippen LogP contribution is -2.10. The normalized spacial score (nSPS) is 12.1. The van der Waals surface area contributed by atoms with Gasteiger partial charge in [-0.25, -0.2) is 4.98 Å². The van der Waals surface area contributed by atoms with Crippen LogP contribution in [0.1, 0.15) is 18.7 Å². The smallest absolute Gasteiger partial charge is 0.214 e. The van der Waals surface area contributed by atoms with Gasteiger partial charge in [-0.1, -0.05) is 6.07 Å². The minimum Gasteiger partial charge on any atom is -0.362 e. The third kappa shape index (κ3) is 2.50. The Morgan fingerprint density at radius 3 is 2.88 bits per heavy atom. The summed E-state index contributed by atoms with van der Waals surface area (Å²) >= 11 is 0. The van der Waals surface area contributed by atoms with Crippen LogP contribution >= 0.6 is 0 Å². The van der Waals surface area contributed by atoms with Crippen molar-refractivity contribution in [3.05, 3.63) is 48.4 Å². The highest BCUT2D eigenvalue weighted by atomic mass is 19.1. The van der Waals surface area contributed by atoms with Gasteiger partial charge in [-0.2, -0.15) is 4.39 Å². The molecule has 1 N–H and O–H groups in total. The van der Waals surface area contributed by atoms with E-state index in [1.54, 1.807) is 30.7 Å². The average Bonchev–Trinajstić information content (AvgIpc) is 2.30. The molecule has 2 rings (SSSR count). The zero-order valence-corrected chi connectivity index (χ0v) is 8.76. The Bertz CT molecular complexity index is 461. The monoisotopic (exact) mass is 218 g/mol. The van der Waals surface area contributed by atoms with Crippen molar-refractivity contribution < 1.29 is 4.39 Å². The molecule has 82 valence electrons. The van der Waals surface area contributed by atoms with Crippen molar-refractivity contribution in [1.82, 2.24) is 15.0 Å². The van der Waals surface area contributed by atoms with Gasteiger partial charge in [0.05, 0.1) is 17.9 Å². The molecule has 2 aromatic rings. The van der Waals surface area contributed by atoms with E-state index in [2.05, 4.69) is 20.3 Å². The lowest BCUT2D eigenvalue weighted by molar-refractivity contribution is 0.584. The molecule has 0 aliphatic carbocycles. The lowest BCUT2D eigenvalue weighted by Gasteiger charge is -2.12. The minimum atomic E-state index is -0.503. The first-order valence-electron chi connectivity index (χ1n) is 4.91. The highest BCUT2D eigenvalue weighted by Gasteiger charge is 2.07. The summed E-state index contributed by atoms with van der Waals surface area (Å²) in [6.07, 6.45) is 4.89. The van der Waals surface area contributed by atoms with Crippen molar-refractivity contribution in [2.75, 3.05) is 5.32 Å². The van der Waals surface area contributed by atoms with Crippen LogP contribution in [-0.4, -0.2) is 15.0 Å². The van der Waals surface area contributed by atoms with Crippen LogP contribution in [-0.2, 0) is 0 Å². The maximum Gasteiger partial charge on any atom is 0.214 e. The number of hydrogen-bond acceptors (Lipinski definition) is 4. The van der Waals surface area contributed by atoms with Crippen molar-refractivity contribution in [2.24, 2.45) is 0 Å². The molecule has 0 amide bonds.